The Balaban J connectivity index is 1.72. The molecule has 0 fully saturated rings. The van der Waals surface area contributed by atoms with E-state index in [2.05, 4.69) is 116 Å². The van der Waals surface area contributed by atoms with Gasteiger partial charge in [0.05, 0.1) is 11.1 Å². The fraction of sp³-hybridized carbons (Fsp3) is 0.143. The van der Waals surface area contributed by atoms with E-state index in [1.54, 1.807) is 0 Å². The van der Waals surface area contributed by atoms with Gasteiger partial charge in [-0.2, -0.15) is 0 Å². The van der Waals surface area contributed by atoms with Gasteiger partial charge in [0.25, 0.3) is 0 Å². The molecule has 1 aromatic heterocycles. The number of aromatic nitrogens is 1. The second kappa shape index (κ2) is 9.18. The van der Waals surface area contributed by atoms with Gasteiger partial charge < -0.3 is 0 Å². The van der Waals surface area contributed by atoms with E-state index < -0.39 is 5.41 Å². The number of fused-ring (bicyclic) bond motifs is 3. The molecule has 0 unspecified atom stereocenters. The van der Waals surface area contributed by atoms with Gasteiger partial charge in [-0.05, 0) is 63.1 Å². The van der Waals surface area contributed by atoms with Crippen molar-refractivity contribution < 1.29 is 4.79 Å². The maximum Gasteiger partial charge on any atom is 0.211 e. The first-order chi connectivity index (χ1) is 18.3. The van der Waals surface area contributed by atoms with Crippen LogP contribution in [0.1, 0.15) is 64.8 Å². The maximum atomic E-state index is 13.9. The first-order valence-corrected chi connectivity index (χ1v) is 13.7. The summed E-state index contributed by atoms with van der Waals surface area (Å²) >= 11 is 3.52. The van der Waals surface area contributed by atoms with Crippen LogP contribution < -0.4 is 0 Å². The quantitative estimate of drug-likeness (QED) is 0.203. The number of rotatable bonds is 4. The standard InChI is InChI=1S/C35H28BrNO/c1-34(2,3)25-21-31(33(38)23-12-11-15-26(36)20-23)37-32(22-25)35(24-13-5-4-6-14-24)29-18-9-7-16-27(29)28-17-8-10-19-30(28)35/h4-22H,1-3H3. The molecule has 4 aromatic carbocycles. The first kappa shape index (κ1) is 24.5. The summed E-state index contributed by atoms with van der Waals surface area (Å²) in [5, 5.41) is 0. The van der Waals surface area contributed by atoms with E-state index in [-0.39, 0.29) is 11.2 Å². The second-order valence-electron chi connectivity index (χ2n) is 10.9. The number of nitrogens with zero attached hydrogens (tertiary/aromatic N) is 1. The van der Waals surface area contributed by atoms with Gasteiger partial charge in [-0.1, -0.05) is 128 Å². The molecule has 0 N–H and O–H groups in total. The molecule has 38 heavy (non-hydrogen) atoms. The van der Waals surface area contributed by atoms with Crippen molar-refractivity contribution in [1.29, 1.82) is 0 Å². The topological polar surface area (TPSA) is 30.0 Å². The van der Waals surface area contributed by atoms with Gasteiger partial charge in [0.2, 0.25) is 5.78 Å². The summed E-state index contributed by atoms with van der Waals surface area (Å²) in [5.74, 6) is -0.0820. The average Bonchev–Trinajstić information content (AvgIpc) is 3.24. The Bertz CT molecular complexity index is 1630. The molecule has 5 aromatic rings. The van der Waals surface area contributed by atoms with Gasteiger partial charge in [-0.25, -0.2) is 4.98 Å². The Morgan fingerprint density at radius 2 is 1.32 bits per heavy atom. The maximum absolute atomic E-state index is 13.9. The lowest BCUT2D eigenvalue weighted by Crippen LogP contribution is -2.31. The zero-order valence-corrected chi connectivity index (χ0v) is 23.3. The number of carbonyl (C=O) groups excluding carboxylic acids is 1. The molecule has 1 aliphatic carbocycles. The van der Waals surface area contributed by atoms with E-state index in [1.165, 1.54) is 22.3 Å². The van der Waals surface area contributed by atoms with E-state index in [0.29, 0.717) is 11.3 Å². The van der Waals surface area contributed by atoms with Crippen LogP contribution in [0.3, 0.4) is 0 Å². The Morgan fingerprint density at radius 1 is 0.711 bits per heavy atom. The molecule has 1 aliphatic rings. The average molecular weight is 559 g/mol. The molecule has 1 heterocycles. The van der Waals surface area contributed by atoms with Crippen molar-refractivity contribution >= 4 is 21.7 Å². The SMILES string of the molecule is CC(C)(C)c1cc(C(=O)c2cccc(Br)c2)nc(C2(c3ccccc3)c3ccccc3-c3ccccc32)c1. The molecule has 0 atom stereocenters. The van der Waals surface area contributed by atoms with Gasteiger partial charge in [0.15, 0.2) is 0 Å². The Morgan fingerprint density at radius 3 is 1.92 bits per heavy atom. The third-order valence-corrected chi connectivity index (χ3v) is 8.05. The van der Waals surface area contributed by atoms with Crippen molar-refractivity contribution in [2.75, 3.05) is 0 Å². The number of carbonyl (C=O) groups is 1. The van der Waals surface area contributed by atoms with Crippen molar-refractivity contribution in [1.82, 2.24) is 4.98 Å². The Hall–Kier alpha value is -3.82. The molecule has 0 amide bonds. The number of ketones is 1. The lowest BCUT2D eigenvalue weighted by Gasteiger charge is -2.34. The summed E-state index contributed by atoms with van der Waals surface area (Å²) in [6, 6.07) is 39.5. The molecule has 2 nitrogen and oxygen atoms in total. The van der Waals surface area contributed by atoms with Crippen molar-refractivity contribution in [3.05, 3.63) is 159 Å². The number of hydrogen-bond acceptors (Lipinski definition) is 2. The van der Waals surface area contributed by atoms with Crippen molar-refractivity contribution in [3.63, 3.8) is 0 Å². The van der Waals surface area contributed by atoms with Gasteiger partial charge in [-0.15, -0.1) is 0 Å². The molecule has 186 valence electrons. The number of hydrogen-bond donors (Lipinski definition) is 0. The highest BCUT2D eigenvalue weighted by Crippen LogP contribution is 2.55. The van der Waals surface area contributed by atoms with Gasteiger partial charge in [0, 0.05) is 10.0 Å². The third kappa shape index (κ3) is 3.85. The van der Waals surface area contributed by atoms with Crippen LogP contribution >= 0.6 is 15.9 Å². The largest absolute Gasteiger partial charge is 0.287 e. The molecule has 0 aliphatic heterocycles. The van der Waals surface area contributed by atoms with E-state index in [1.807, 2.05) is 36.4 Å². The molecule has 0 saturated carbocycles. The highest BCUT2D eigenvalue weighted by molar-refractivity contribution is 9.10. The second-order valence-corrected chi connectivity index (χ2v) is 11.8. The minimum absolute atomic E-state index is 0.0820. The molecule has 0 radical (unpaired) electrons. The highest BCUT2D eigenvalue weighted by atomic mass is 79.9. The van der Waals surface area contributed by atoms with Crippen LogP contribution in [0.2, 0.25) is 0 Å². The van der Waals surface area contributed by atoms with Gasteiger partial charge >= 0.3 is 0 Å². The van der Waals surface area contributed by atoms with E-state index in [4.69, 9.17) is 4.98 Å². The summed E-state index contributed by atoms with van der Waals surface area (Å²) in [6.07, 6.45) is 0. The molecular weight excluding hydrogens is 530 g/mol. The summed E-state index contributed by atoms with van der Waals surface area (Å²) in [6.45, 7) is 6.56. The molecule has 3 heteroatoms. The van der Waals surface area contributed by atoms with Crippen molar-refractivity contribution in [2.45, 2.75) is 31.6 Å². The fourth-order valence-electron chi connectivity index (χ4n) is 5.71. The first-order valence-electron chi connectivity index (χ1n) is 12.9. The summed E-state index contributed by atoms with van der Waals surface area (Å²) in [4.78, 5) is 19.1. The van der Waals surface area contributed by atoms with E-state index in [0.717, 1.165) is 21.3 Å². The van der Waals surface area contributed by atoms with Crippen LogP contribution in [0, 0.1) is 0 Å². The summed E-state index contributed by atoms with van der Waals surface area (Å²) in [5.41, 5.74) is 8.11. The van der Waals surface area contributed by atoms with Crippen LogP contribution in [0.5, 0.6) is 0 Å². The van der Waals surface area contributed by atoms with Crippen LogP contribution in [0.15, 0.2) is 120 Å². The smallest absolute Gasteiger partial charge is 0.211 e. The van der Waals surface area contributed by atoms with E-state index >= 15 is 0 Å². The number of pyridine rings is 1. The fourth-order valence-corrected chi connectivity index (χ4v) is 6.11. The lowest BCUT2D eigenvalue weighted by molar-refractivity contribution is 0.103. The lowest BCUT2D eigenvalue weighted by atomic mass is 9.69. The predicted octanol–water partition coefficient (Wildman–Crippen LogP) is 8.74. The normalized spacial score (nSPS) is 13.6. The van der Waals surface area contributed by atoms with Crippen molar-refractivity contribution in [2.24, 2.45) is 0 Å². The number of benzene rings is 4. The highest BCUT2D eigenvalue weighted by Gasteiger charge is 2.47. The number of halogens is 1. The predicted molar refractivity (Wildman–Crippen MR) is 158 cm³/mol. The van der Waals surface area contributed by atoms with E-state index in [9.17, 15) is 4.79 Å². The van der Waals surface area contributed by atoms with Crippen LogP contribution in [-0.4, -0.2) is 10.8 Å². The minimum Gasteiger partial charge on any atom is -0.287 e. The van der Waals surface area contributed by atoms with Gasteiger partial charge in [-0.3, -0.25) is 4.79 Å². The van der Waals surface area contributed by atoms with Crippen LogP contribution in [0.25, 0.3) is 11.1 Å². The van der Waals surface area contributed by atoms with Crippen LogP contribution in [0.4, 0.5) is 0 Å². The molecular formula is C35H28BrNO. The molecule has 0 bridgehead atoms. The zero-order chi connectivity index (χ0) is 26.5. The van der Waals surface area contributed by atoms with Crippen molar-refractivity contribution in [3.8, 4) is 11.1 Å². The van der Waals surface area contributed by atoms with Crippen LogP contribution in [-0.2, 0) is 10.8 Å². The molecule has 6 rings (SSSR count). The third-order valence-electron chi connectivity index (χ3n) is 7.55. The Labute approximate surface area is 232 Å². The zero-order valence-electron chi connectivity index (χ0n) is 21.7. The molecule has 0 saturated heterocycles. The molecule has 0 spiro atoms. The monoisotopic (exact) mass is 557 g/mol. The summed E-state index contributed by atoms with van der Waals surface area (Å²) < 4.78 is 0.870. The summed E-state index contributed by atoms with van der Waals surface area (Å²) in [7, 11) is 0. The Kier molecular flexibility index (Phi) is 5.92. The van der Waals surface area contributed by atoms with Gasteiger partial charge in [0.1, 0.15) is 5.69 Å². The minimum atomic E-state index is -0.651.